The number of carboxylic acid groups (broad SMARTS) is 1. The molecule has 2 aromatic heterocycles. The minimum Gasteiger partial charge on any atom is -0.480 e. The van der Waals surface area contributed by atoms with Crippen LogP contribution in [0.4, 0.5) is 0 Å². The fourth-order valence-electron chi connectivity index (χ4n) is 2.14. The predicted octanol–water partition coefficient (Wildman–Crippen LogP) is 1.30. The van der Waals surface area contributed by atoms with Crippen molar-refractivity contribution < 1.29 is 9.90 Å². The number of fused-ring (bicyclic) bond motifs is 1. The molecule has 0 unspecified atom stereocenters. The van der Waals surface area contributed by atoms with Crippen molar-refractivity contribution in [1.82, 2.24) is 14.3 Å². The van der Waals surface area contributed by atoms with Crippen LogP contribution in [0.5, 0.6) is 0 Å². The Labute approximate surface area is 122 Å². The number of pyridine rings is 1. The number of carboxylic acids is 1. The van der Waals surface area contributed by atoms with Crippen LogP contribution in [0.3, 0.4) is 0 Å². The van der Waals surface area contributed by atoms with E-state index in [2.05, 4.69) is 4.98 Å². The molecule has 2 heterocycles. The molecule has 0 radical (unpaired) electrons. The van der Waals surface area contributed by atoms with Gasteiger partial charge in [0.1, 0.15) is 5.65 Å². The maximum absolute atomic E-state index is 12.1. The summed E-state index contributed by atoms with van der Waals surface area (Å²) in [4.78, 5) is 29.2. The third-order valence-corrected chi connectivity index (χ3v) is 3.29. The molecule has 2 rings (SSSR count). The van der Waals surface area contributed by atoms with E-state index < -0.39 is 5.97 Å². The van der Waals surface area contributed by atoms with Gasteiger partial charge in [-0.25, -0.2) is 4.98 Å². The number of nitrogens with zero attached hydrogens (tertiary/aromatic N) is 3. The van der Waals surface area contributed by atoms with Crippen molar-refractivity contribution in [2.45, 2.75) is 33.4 Å². The summed E-state index contributed by atoms with van der Waals surface area (Å²) in [5.41, 5.74) is 1.98. The summed E-state index contributed by atoms with van der Waals surface area (Å²) in [7, 11) is 0. The smallest absolute Gasteiger partial charge is 0.317 e. The van der Waals surface area contributed by atoms with Gasteiger partial charge in [0.05, 0.1) is 12.2 Å². The highest BCUT2D eigenvalue weighted by atomic mass is 16.4. The van der Waals surface area contributed by atoms with Crippen LogP contribution in [0, 0.1) is 6.92 Å². The summed E-state index contributed by atoms with van der Waals surface area (Å²) in [6.07, 6.45) is 1.74. The first-order valence-corrected chi connectivity index (χ1v) is 6.81. The third kappa shape index (κ3) is 3.66. The van der Waals surface area contributed by atoms with E-state index in [0.717, 1.165) is 5.56 Å². The molecule has 6 heteroatoms. The van der Waals surface area contributed by atoms with E-state index in [1.165, 1.54) is 10.5 Å². The van der Waals surface area contributed by atoms with Crippen LogP contribution in [0.2, 0.25) is 0 Å². The maximum atomic E-state index is 12.1. The molecule has 21 heavy (non-hydrogen) atoms. The van der Waals surface area contributed by atoms with Crippen LogP contribution >= 0.6 is 0 Å². The van der Waals surface area contributed by atoms with Crippen LogP contribution in [0.15, 0.2) is 29.2 Å². The van der Waals surface area contributed by atoms with E-state index in [4.69, 9.17) is 5.11 Å². The molecule has 0 aliphatic rings. The number of carbonyl (C=O) groups is 1. The highest BCUT2D eigenvalue weighted by molar-refractivity contribution is 5.69. The van der Waals surface area contributed by atoms with Gasteiger partial charge in [0.25, 0.3) is 5.56 Å². The lowest BCUT2D eigenvalue weighted by Crippen LogP contribution is -2.35. The standard InChI is InChI=1S/C15H19N3O3/c1-10(2)17(9-15(20)21)8-12-6-14(19)18-7-11(3)4-5-13(18)16-12/h4-7,10H,8-9H2,1-3H3,(H,20,21). The van der Waals surface area contributed by atoms with Gasteiger partial charge < -0.3 is 5.11 Å². The van der Waals surface area contributed by atoms with Crippen molar-refractivity contribution in [2.24, 2.45) is 0 Å². The fourth-order valence-corrected chi connectivity index (χ4v) is 2.14. The van der Waals surface area contributed by atoms with Gasteiger partial charge in [-0.05, 0) is 32.4 Å². The van der Waals surface area contributed by atoms with Crippen LogP contribution < -0.4 is 5.56 Å². The molecule has 2 aromatic rings. The minimum absolute atomic E-state index is 0.0550. The average molecular weight is 289 g/mol. The van der Waals surface area contributed by atoms with Gasteiger partial charge in [0.2, 0.25) is 0 Å². The van der Waals surface area contributed by atoms with Crippen LogP contribution in [-0.2, 0) is 11.3 Å². The number of aliphatic carboxylic acids is 1. The first-order chi connectivity index (χ1) is 9.86. The van der Waals surface area contributed by atoms with Crippen molar-refractivity contribution in [3.8, 4) is 0 Å². The molecule has 0 spiro atoms. The van der Waals surface area contributed by atoms with Crippen LogP contribution in [0.1, 0.15) is 25.1 Å². The van der Waals surface area contributed by atoms with E-state index in [0.29, 0.717) is 17.9 Å². The van der Waals surface area contributed by atoms with Crippen molar-refractivity contribution in [3.63, 3.8) is 0 Å². The fraction of sp³-hybridized carbons (Fsp3) is 0.400. The van der Waals surface area contributed by atoms with Gasteiger partial charge >= 0.3 is 5.97 Å². The Balaban J connectivity index is 2.36. The lowest BCUT2D eigenvalue weighted by Gasteiger charge is -2.24. The zero-order valence-electron chi connectivity index (χ0n) is 12.4. The quantitative estimate of drug-likeness (QED) is 0.898. The second kappa shape index (κ2) is 6.05. The largest absolute Gasteiger partial charge is 0.480 e. The van der Waals surface area contributed by atoms with E-state index in [1.54, 1.807) is 17.2 Å². The molecule has 1 N–H and O–H groups in total. The SMILES string of the molecule is Cc1ccc2nc(CN(CC(=O)O)C(C)C)cc(=O)n2c1. The van der Waals surface area contributed by atoms with Gasteiger partial charge in [-0.1, -0.05) is 6.07 Å². The molecule has 0 bridgehead atoms. The van der Waals surface area contributed by atoms with E-state index >= 15 is 0 Å². The predicted molar refractivity (Wildman–Crippen MR) is 79.4 cm³/mol. The van der Waals surface area contributed by atoms with Gasteiger partial charge in [-0.2, -0.15) is 0 Å². The Morgan fingerprint density at radius 3 is 2.76 bits per heavy atom. The summed E-state index contributed by atoms with van der Waals surface area (Å²) < 4.78 is 1.50. The highest BCUT2D eigenvalue weighted by Gasteiger charge is 2.15. The number of hydrogen-bond donors (Lipinski definition) is 1. The molecule has 0 saturated heterocycles. The zero-order valence-corrected chi connectivity index (χ0v) is 12.4. The summed E-state index contributed by atoms with van der Waals surface area (Å²) in [5.74, 6) is -0.892. The lowest BCUT2D eigenvalue weighted by atomic mass is 10.2. The van der Waals surface area contributed by atoms with Crippen molar-refractivity contribution in [3.05, 3.63) is 46.0 Å². The molecule has 112 valence electrons. The molecule has 0 amide bonds. The Hall–Kier alpha value is -2.21. The van der Waals surface area contributed by atoms with Gasteiger partial charge in [-0.15, -0.1) is 0 Å². The third-order valence-electron chi connectivity index (χ3n) is 3.29. The summed E-state index contributed by atoms with van der Waals surface area (Å²) in [5, 5.41) is 8.94. The Morgan fingerprint density at radius 1 is 1.43 bits per heavy atom. The van der Waals surface area contributed by atoms with E-state index in [-0.39, 0.29) is 18.1 Å². The first-order valence-electron chi connectivity index (χ1n) is 6.81. The second-order valence-electron chi connectivity index (χ2n) is 5.41. The number of hydrogen-bond acceptors (Lipinski definition) is 4. The molecular weight excluding hydrogens is 270 g/mol. The van der Waals surface area contributed by atoms with E-state index in [1.807, 2.05) is 26.8 Å². The molecule has 0 aromatic carbocycles. The number of rotatable bonds is 5. The van der Waals surface area contributed by atoms with E-state index in [9.17, 15) is 9.59 Å². The lowest BCUT2D eigenvalue weighted by molar-refractivity contribution is -0.138. The summed E-state index contributed by atoms with van der Waals surface area (Å²) in [6, 6.07) is 5.20. The zero-order chi connectivity index (χ0) is 15.6. The minimum atomic E-state index is -0.892. The van der Waals surface area contributed by atoms with Crippen molar-refractivity contribution in [1.29, 1.82) is 0 Å². The van der Waals surface area contributed by atoms with Crippen molar-refractivity contribution >= 4 is 11.6 Å². The van der Waals surface area contributed by atoms with Crippen molar-refractivity contribution in [2.75, 3.05) is 6.54 Å². The average Bonchev–Trinajstić information content (AvgIpc) is 2.38. The Kier molecular flexibility index (Phi) is 4.37. The molecule has 0 aliphatic carbocycles. The normalized spacial score (nSPS) is 11.5. The first kappa shape index (κ1) is 15.2. The van der Waals surface area contributed by atoms with Gasteiger partial charge in [0.15, 0.2) is 0 Å². The molecule has 0 atom stereocenters. The molecular formula is C15H19N3O3. The summed E-state index contributed by atoms with van der Waals surface area (Å²) >= 11 is 0. The Morgan fingerprint density at radius 2 is 2.14 bits per heavy atom. The van der Waals surface area contributed by atoms with Crippen LogP contribution in [0.25, 0.3) is 5.65 Å². The maximum Gasteiger partial charge on any atom is 0.317 e. The van der Waals surface area contributed by atoms with Crippen LogP contribution in [-0.4, -0.2) is 37.9 Å². The second-order valence-corrected chi connectivity index (χ2v) is 5.41. The molecule has 0 aliphatic heterocycles. The molecule has 0 fully saturated rings. The number of aryl methyl sites for hydroxylation is 1. The highest BCUT2D eigenvalue weighted by Crippen LogP contribution is 2.07. The number of aromatic nitrogens is 2. The topological polar surface area (TPSA) is 74.9 Å². The van der Waals surface area contributed by atoms with Gasteiger partial charge in [-0.3, -0.25) is 18.9 Å². The van der Waals surface area contributed by atoms with Gasteiger partial charge in [0, 0.05) is 24.8 Å². The molecule has 6 nitrogen and oxygen atoms in total. The summed E-state index contributed by atoms with van der Waals surface area (Å²) in [6.45, 7) is 6.00. The monoisotopic (exact) mass is 289 g/mol. The molecule has 0 saturated carbocycles. The Bertz CT molecular complexity index is 722.